The zero-order valence-electron chi connectivity index (χ0n) is 9.14. The minimum Gasteiger partial charge on any atom is -0.369 e. The number of rotatable bonds is 2. The molecule has 1 heterocycles. The second-order valence-electron chi connectivity index (χ2n) is 3.50. The maximum atomic E-state index is 10.7. The Hall–Kier alpha value is -2.88. The third kappa shape index (κ3) is 2.27. The molecule has 0 spiro atoms. The number of fused-ring (bicyclic) bond motifs is 1. The molecule has 1 amide bonds. The summed E-state index contributed by atoms with van der Waals surface area (Å²) >= 11 is 0. The van der Waals surface area contributed by atoms with E-state index in [0.717, 1.165) is 0 Å². The molecule has 0 aliphatic carbocycles. The molecule has 2 aromatic rings. The van der Waals surface area contributed by atoms with Crippen molar-refractivity contribution in [2.24, 2.45) is 5.73 Å². The summed E-state index contributed by atoms with van der Waals surface area (Å²) in [6.45, 7) is 0. The summed E-state index contributed by atoms with van der Waals surface area (Å²) < 4.78 is 0. The molecule has 0 unspecified atom stereocenters. The highest BCUT2D eigenvalue weighted by molar-refractivity contribution is 5.86. The molecule has 1 aromatic heterocycles. The van der Waals surface area contributed by atoms with Crippen LogP contribution in [0, 0.1) is 22.0 Å². The number of benzene rings is 1. The first-order chi connectivity index (χ1) is 8.58. The van der Waals surface area contributed by atoms with Gasteiger partial charge in [-0.15, -0.1) is 0 Å². The van der Waals surface area contributed by atoms with Crippen LogP contribution in [0.25, 0.3) is 10.9 Å². The normalized spacial score (nSPS) is 9.78. The van der Waals surface area contributed by atoms with E-state index in [1.165, 1.54) is 18.2 Å². The van der Waals surface area contributed by atoms with Crippen molar-refractivity contribution in [3.05, 3.63) is 34.0 Å². The van der Waals surface area contributed by atoms with Crippen molar-refractivity contribution in [3.8, 4) is 11.8 Å². The van der Waals surface area contributed by atoms with E-state index >= 15 is 0 Å². The monoisotopic (exact) mass is 244 g/mol. The highest BCUT2D eigenvalue weighted by atomic mass is 16.6. The number of aromatic amines is 1. The summed E-state index contributed by atoms with van der Waals surface area (Å²) in [6, 6.07) is 4.28. The zero-order chi connectivity index (χ0) is 13.1. The fourth-order valence-corrected chi connectivity index (χ4v) is 1.43. The van der Waals surface area contributed by atoms with Crippen LogP contribution < -0.4 is 5.73 Å². The van der Waals surface area contributed by atoms with Crippen molar-refractivity contribution in [2.75, 3.05) is 0 Å². The number of hydrogen-bond acceptors (Lipinski definition) is 4. The molecule has 0 saturated heterocycles. The van der Waals surface area contributed by atoms with Gasteiger partial charge in [-0.3, -0.25) is 20.0 Å². The molecule has 0 bridgehead atoms. The van der Waals surface area contributed by atoms with E-state index in [2.05, 4.69) is 22.0 Å². The Morgan fingerprint density at radius 2 is 2.33 bits per heavy atom. The van der Waals surface area contributed by atoms with E-state index in [4.69, 9.17) is 5.73 Å². The van der Waals surface area contributed by atoms with Gasteiger partial charge in [0.15, 0.2) is 0 Å². The van der Waals surface area contributed by atoms with Crippen molar-refractivity contribution < 1.29 is 9.72 Å². The van der Waals surface area contributed by atoms with E-state index in [0.29, 0.717) is 16.6 Å². The number of nitro groups is 1. The van der Waals surface area contributed by atoms with Gasteiger partial charge in [-0.1, -0.05) is 5.92 Å². The molecule has 0 aliphatic heterocycles. The lowest BCUT2D eigenvalue weighted by Crippen LogP contribution is -2.08. The number of non-ortho nitro benzene ring substituents is 1. The minimum atomic E-state index is -0.530. The van der Waals surface area contributed by atoms with Gasteiger partial charge in [0, 0.05) is 17.5 Å². The Balaban J connectivity index is 2.44. The summed E-state index contributed by atoms with van der Waals surface area (Å²) in [5, 5.41) is 17.8. The molecule has 1 aromatic carbocycles. The molecule has 90 valence electrons. The quantitative estimate of drug-likeness (QED) is 0.459. The number of carbonyl (C=O) groups is 1. The van der Waals surface area contributed by atoms with Crippen LogP contribution in [0.4, 0.5) is 5.69 Å². The fraction of sp³-hybridized carbons (Fsp3) is 0.0909. The highest BCUT2D eigenvalue weighted by Crippen LogP contribution is 2.21. The average molecular weight is 244 g/mol. The molecule has 7 heteroatoms. The van der Waals surface area contributed by atoms with Crippen molar-refractivity contribution in [1.29, 1.82) is 0 Å². The van der Waals surface area contributed by atoms with E-state index in [9.17, 15) is 14.9 Å². The molecule has 3 N–H and O–H groups in total. The smallest absolute Gasteiger partial charge is 0.270 e. The SMILES string of the molecule is NC(=O)CC#Cc1[nH]nc2ccc([N+](=O)[O-])cc12. The van der Waals surface area contributed by atoms with Crippen molar-refractivity contribution in [1.82, 2.24) is 10.2 Å². The number of aromatic nitrogens is 2. The van der Waals surface area contributed by atoms with Crippen molar-refractivity contribution in [3.63, 3.8) is 0 Å². The van der Waals surface area contributed by atoms with Gasteiger partial charge in [0.05, 0.1) is 16.9 Å². The standard InChI is InChI=1S/C11H8N4O3/c12-11(16)3-1-2-9-8-6-7(15(17)18)4-5-10(8)14-13-9/h4-6H,3H2,(H2,12,16)(H,13,14). The van der Waals surface area contributed by atoms with Gasteiger partial charge in [0.2, 0.25) is 5.91 Å². The van der Waals surface area contributed by atoms with Crippen LogP contribution in [0.3, 0.4) is 0 Å². The predicted octanol–water partition coefficient (Wildman–Crippen LogP) is 0.698. The Kier molecular flexibility index (Phi) is 2.93. The summed E-state index contributed by atoms with van der Waals surface area (Å²) in [5.74, 6) is 4.71. The Bertz CT molecular complexity index is 693. The lowest BCUT2D eigenvalue weighted by molar-refractivity contribution is -0.384. The zero-order valence-corrected chi connectivity index (χ0v) is 9.14. The highest BCUT2D eigenvalue weighted by Gasteiger charge is 2.10. The van der Waals surface area contributed by atoms with Gasteiger partial charge >= 0.3 is 0 Å². The Morgan fingerprint density at radius 1 is 1.56 bits per heavy atom. The van der Waals surface area contributed by atoms with Crippen LogP contribution in [-0.4, -0.2) is 21.0 Å². The second-order valence-corrected chi connectivity index (χ2v) is 3.50. The van der Waals surface area contributed by atoms with E-state index in [1.807, 2.05) is 0 Å². The first-order valence-electron chi connectivity index (χ1n) is 4.97. The molecule has 0 atom stereocenters. The Labute approximate surface area is 101 Å². The first kappa shape index (κ1) is 11.6. The first-order valence-corrected chi connectivity index (χ1v) is 4.97. The lowest BCUT2D eigenvalue weighted by Gasteiger charge is -1.91. The molecule has 0 fully saturated rings. The van der Waals surface area contributed by atoms with Crippen molar-refractivity contribution >= 4 is 22.5 Å². The maximum absolute atomic E-state index is 10.7. The summed E-state index contributed by atoms with van der Waals surface area (Å²) in [5.41, 5.74) is 5.91. The second kappa shape index (κ2) is 4.55. The van der Waals surface area contributed by atoms with E-state index in [1.54, 1.807) is 0 Å². The lowest BCUT2D eigenvalue weighted by atomic mass is 10.2. The van der Waals surface area contributed by atoms with Gasteiger partial charge in [-0.2, -0.15) is 5.10 Å². The number of nitrogens with zero attached hydrogens (tertiary/aromatic N) is 2. The van der Waals surface area contributed by atoms with Crippen LogP contribution in [0.2, 0.25) is 0 Å². The van der Waals surface area contributed by atoms with Crippen molar-refractivity contribution in [2.45, 2.75) is 6.42 Å². The van der Waals surface area contributed by atoms with Gasteiger partial charge in [0.1, 0.15) is 5.69 Å². The largest absolute Gasteiger partial charge is 0.369 e. The minimum absolute atomic E-state index is 0.0400. The molecule has 18 heavy (non-hydrogen) atoms. The molecule has 0 aliphatic rings. The average Bonchev–Trinajstić information content (AvgIpc) is 2.71. The Morgan fingerprint density at radius 3 is 3.00 bits per heavy atom. The summed E-state index contributed by atoms with van der Waals surface area (Å²) in [4.78, 5) is 20.7. The third-order valence-electron chi connectivity index (χ3n) is 2.22. The van der Waals surface area contributed by atoms with Gasteiger partial charge in [-0.25, -0.2) is 0 Å². The summed E-state index contributed by atoms with van der Waals surface area (Å²) in [6.07, 6.45) is -0.0740. The van der Waals surface area contributed by atoms with Gasteiger partial charge in [0.25, 0.3) is 5.69 Å². The maximum Gasteiger partial charge on any atom is 0.270 e. The number of primary amides is 1. The molecular weight excluding hydrogens is 236 g/mol. The molecular formula is C11H8N4O3. The third-order valence-corrected chi connectivity index (χ3v) is 2.22. The molecule has 7 nitrogen and oxygen atoms in total. The van der Waals surface area contributed by atoms with Gasteiger partial charge < -0.3 is 5.73 Å². The topological polar surface area (TPSA) is 115 Å². The number of nitro benzene ring substituents is 1. The molecule has 0 saturated carbocycles. The number of hydrogen-bond donors (Lipinski definition) is 2. The summed E-state index contributed by atoms with van der Waals surface area (Å²) in [7, 11) is 0. The van der Waals surface area contributed by atoms with Crippen LogP contribution in [-0.2, 0) is 4.79 Å². The van der Waals surface area contributed by atoms with Crippen LogP contribution in [0.1, 0.15) is 12.1 Å². The number of H-pyrrole nitrogens is 1. The van der Waals surface area contributed by atoms with Crippen LogP contribution >= 0.6 is 0 Å². The number of carbonyl (C=O) groups excluding carboxylic acids is 1. The van der Waals surface area contributed by atoms with Crippen LogP contribution in [0.15, 0.2) is 18.2 Å². The number of nitrogens with one attached hydrogen (secondary N) is 1. The van der Waals surface area contributed by atoms with E-state index in [-0.39, 0.29) is 12.1 Å². The molecule has 0 radical (unpaired) electrons. The fourth-order valence-electron chi connectivity index (χ4n) is 1.43. The van der Waals surface area contributed by atoms with E-state index < -0.39 is 10.8 Å². The number of nitrogens with two attached hydrogens (primary N) is 1. The van der Waals surface area contributed by atoms with Gasteiger partial charge in [-0.05, 0) is 12.0 Å². The number of amides is 1. The molecule has 2 rings (SSSR count). The predicted molar refractivity (Wildman–Crippen MR) is 63.4 cm³/mol. The van der Waals surface area contributed by atoms with Crippen LogP contribution in [0.5, 0.6) is 0 Å².